The molecule has 0 amide bonds. The zero-order valence-electron chi connectivity index (χ0n) is 10.7. The average molecular weight is 427 g/mol. The summed E-state index contributed by atoms with van der Waals surface area (Å²) in [5.41, 5.74) is 0. The summed E-state index contributed by atoms with van der Waals surface area (Å²) in [5.74, 6) is 0. The van der Waals surface area contributed by atoms with Gasteiger partial charge in [-0.1, -0.05) is 36.4 Å². The van der Waals surface area contributed by atoms with E-state index in [1.165, 1.54) is 48.5 Å². The fourth-order valence-corrected chi connectivity index (χ4v) is 2.16. The van der Waals surface area contributed by atoms with Gasteiger partial charge in [-0.2, -0.15) is 0 Å². The fourth-order valence-electron chi connectivity index (χ4n) is 1.17. The van der Waals surface area contributed by atoms with E-state index in [0.717, 1.165) is 0 Å². The monoisotopic (exact) mass is 428 g/mol. The van der Waals surface area contributed by atoms with Gasteiger partial charge in [0.2, 0.25) is 0 Å². The molecular formula is C12H10CdO6S2. The van der Waals surface area contributed by atoms with E-state index in [1.807, 2.05) is 0 Å². The van der Waals surface area contributed by atoms with Crippen molar-refractivity contribution in [3.63, 3.8) is 0 Å². The molecule has 0 saturated heterocycles. The summed E-state index contributed by atoms with van der Waals surface area (Å²) < 4.78 is 61.7. The van der Waals surface area contributed by atoms with Crippen molar-refractivity contribution in [2.45, 2.75) is 9.79 Å². The third-order valence-corrected chi connectivity index (χ3v) is 3.76. The van der Waals surface area contributed by atoms with Gasteiger partial charge in [-0.05, 0) is 24.3 Å². The van der Waals surface area contributed by atoms with E-state index < -0.39 is 20.2 Å². The molecule has 0 bridgehead atoms. The SMILES string of the molecule is O=S(=O)([O-])c1ccccc1.O=S(=O)([O-])c1ccccc1.[Cd+2]. The predicted octanol–water partition coefficient (Wildman–Crippen LogP) is 1.18. The van der Waals surface area contributed by atoms with Crippen LogP contribution in [0.25, 0.3) is 0 Å². The van der Waals surface area contributed by atoms with Gasteiger partial charge in [-0.15, -0.1) is 0 Å². The van der Waals surface area contributed by atoms with Gasteiger partial charge in [-0.25, -0.2) is 16.8 Å². The van der Waals surface area contributed by atoms with Crippen molar-refractivity contribution in [1.29, 1.82) is 0 Å². The van der Waals surface area contributed by atoms with Crippen LogP contribution >= 0.6 is 0 Å². The molecule has 2 aromatic carbocycles. The van der Waals surface area contributed by atoms with Gasteiger partial charge in [0, 0.05) is 0 Å². The second kappa shape index (κ2) is 8.58. The molecule has 0 atom stereocenters. The van der Waals surface area contributed by atoms with Crippen LogP contribution in [0.4, 0.5) is 0 Å². The van der Waals surface area contributed by atoms with Crippen molar-refractivity contribution in [3.8, 4) is 0 Å². The second-order valence-electron chi connectivity index (χ2n) is 3.53. The van der Waals surface area contributed by atoms with Gasteiger partial charge in [0.1, 0.15) is 20.2 Å². The molecule has 0 aliphatic carbocycles. The number of hydrogen-bond donors (Lipinski definition) is 0. The van der Waals surface area contributed by atoms with Crippen LogP contribution in [0, 0.1) is 0 Å². The largest absolute Gasteiger partial charge is 2.00 e. The van der Waals surface area contributed by atoms with Crippen LogP contribution in [-0.2, 0) is 47.5 Å². The summed E-state index contributed by atoms with van der Waals surface area (Å²) in [7, 11) is -8.51. The van der Waals surface area contributed by atoms with Gasteiger partial charge in [0.15, 0.2) is 0 Å². The zero-order valence-corrected chi connectivity index (χ0v) is 16.4. The smallest absolute Gasteiger partial charge is 0.744 e. The molecule has 0 unspecified atom stereocenters. The Balaban J connectivity index is 0.000000364. The fraction of sp³-hybridized carbons (Fsp3) is 0. The van der Waals surface area contributed by atoms with Gasteiger partial charge in [0.05, 0.1) is 9.79 Å². The van der Waals surface area contributed by atoms with Crippen LogP contribution in [0.15, 0.2) is 70.5 Å². The van der Waals surface area contributed by atoms with Crippen LogP contribution in [-0.4, -0.2) is 25.9 Å². The first-order valence-corrected chi connectivity index (χ1v) is 8.05. The Hall–Kier alpha value is -0.818. The number of hydrogen-bond acceptors (Lipinski definition) is 6. The number of rotatable bonds is 2. The molecule has 6 nitrogen and oxygen atoms in total. The van der Waals surface area contributed by atoms with Crippen LogP contribution in [0.2, 0.25) is 0 Å². The third kappa shape index (κ3) is 7.66. The van der Waals surface area contributed by atoms with Crippen LogP contribution in [0.5, 0.6) is 0 Å². The van der Waals surface area contributed by atoms with Gasteiger partial charge in [0.25, 0.3) is 0 Å². The first-order valence-electron chi connectivity index (χ1n) is 5.23. The molecule has 0 aromatic heterocycles. The predicted molar refractivity (Wildman–Crippen MR) is 68.8 cm³/mol. The summed E-state index contributed by atoms with van der Waals surface area (Å²) in [6.45, 7) is 0. The Bertz CT molecular complexity index is 675. The van der Waals surface area contributed by atoms with Gasteiger partial charge >= 0.3 is 27.3 Å². The maximum absolute atomic E-state index is 10.3. The summed E-state index contributed by atoms with van der Waals surface area (Å²) >= 11 is 0. The summed E-state index contributed by atoms with van der Waals surface area (Å²) in [5, 5.41) is 0. The van der Waals surface area contributed by atoms with E-state index in [2.05, 4.69) is 0 Å². The van der Waals surface area contributed by atoms with E-state index in [1.54, 1.807) is 12.1 Å². The molecule has 0 heterocycles. The molecule has 0 saturated carbocycles. The zero-order chi connectivity index (χ0) is 15.2. The van der Waals surface area contributed by atoms with Crippen LogP contribution in [0.1, 0.15) is 0 Å². The Morgan fingerprint density at radius 3 is 0.952 bits per heavy atom. The molecule has 0 aliphatic heterocycles. The molecule has 21 heavy (non-hydrogen) atoms. The van der Waals surface area contributed by atoms with E-state index in [4.69, 9.17) is 0 Å². The Morgan fingerprint density at radius 2 is 0.810 bits per heavy atom. The molecule has 0 radical (unpaired) electrons. The van der Waals surface area contributed by atoms with Crippen LogP contribution < -0.4 is 0 Å². The van der Waals surface area contributed by atoms with E-state index >= 15 is 0 Å². The minimum atomic E-state index is -4.25. The van der Waals surface area contributed by atoms with E-state index in [0.29, 0.717) is 0 Å². The molecular weight excluding hydrogens is 417 g/mol. The molecule has 0 aliphatic rings. The second-order valence-corrected chi connectivity index (χ2v) is 6.29. The Labute approximate surface area is 143 Å². The van der Waals surface area contributed by atoms with Gasteiger partial charge < -0.3 is 9.11 Å². The number of benzene rings is 2. The molecule has 108 valence electrons. The Morgan fingerprint density at radius 1 is 0.571 bits per heavy atom. The maximum atomic E-state index is 10.3. The molecule has 0 spiro atoms. The van der Waals surface area contributed by atoms with Crippen molar-refractivity contribution in [2.24, 2.45) is 0 Å². The topological polar surface area (TPSA) is 114 Å². The molecule has 2 aromatic rings. The standard InChI is InChI=1S/2C6H6O3S.Cd/c2*7-10(8,9)6-4-2-1-3-5-6;/h2*1-5H,(H,7,8,9);/q;;+2/p-2. The van der Waals surface area contributed by atoms with Crippen molar-refractivity contribution >= 4 is 20.2 Å². The maximum Gasteiger partial charge on any atom is 2.00 e. The average Bonchev–Trinajstić information content (AvgIpc) is 2.40. The minimum absolute atomic E-state index is 0. The third-order valence-electron chi connectivity index (χ3n) is 2.06. The molecule has 0 N–H and O–H groups in total. The summed E-state index contributed by atoms with van der Waals surface area (Å²) in [4.78, 5) is -0.370. The van der Waals surface area contributed by atoms with Crippen molar-refractivity contribution in [1.82, 2.24) is 0 Å². The van der Waals surface area contributed by atoms with Crippen molar-refractivity contribution in [3.05, 3.63) is 60.7 Å². The minimum Gasteiger partial charge on any atom is -0.744 e. The molecule has 2 rings (SSSR count). The van der Waals surface area contributed by atoms with Crippen molar-refractivity contribution in [2.75, 3.05) is 0 Å². The Kier molecular flexibility index (Phi) is 8.25. The van der Waals surface area contributed by atoms with E-state index in [9.17, 15) is 25.9 Å². The first-order chi connectivity index (χ1) is 9.21. The first kappa shape index (κ1) is 20.2. The molecule has 0 fully saturated rings. The summed E-state index contributed by atoms with van der Waals surface area (Å²) in [6, 6.07) is 14.4. The van der Waals surface area contributed by atoms with E-state index in [-0.39, 0.29) is 37.1 Å². The normalized spacial score (nSPS) is 10.8. The van der Waals surface area contributed by atoms with Gasteiger partial charge in [-0.3, -0.25) is 0 Å². The quantitative estimate of drug-likeness (QED) is 0.526. The molecule has 9 heteroatoms. The van der Waals surface area contributed by atoms with Crippen LogP contribution in [0.3, 0.4) is 0 Å². The summed E-state index contributed by atoms with van der Waals surface area (Å²) in [6.07, 6.45) is 0. The van der Waals surface area contributed by atoms with Crippen molar-refractivity contribution < 1.29 is 53.2 Å².